The van der Waals surface area contributed by atoms with E-state index in [0.717, 1.165) is 0 Å². The number of ketones is 1. The summed E-state index contributed by atoms with van der Waals surface area (Å²) in [5.74, 6) is 0.0765. The van der Waals surface area contributed by atoms with E-state index >= 15 is 0 Å². The summed E-state index contributed by atoms with van der Waals surface area (Å²) >= 11 is 6.31. The molecule has 8 heteroatoms. The predicted molar refractivity (Wildman–Crippen MR) is 107 cm³/mol. The Bertz CT molecular complexity index is 1290. The second kappa shape index (κ2) is 7.26. The van der Waals surface area contributed by atoms with Crippen LogP contribution in [0.1, 0.15) is 21.5 Å². The number of hydrogen-bond donors (Lipinski definition) is 2. The Balaban J connectivity index is 1.69. The fraction of sp³-hybridized carbons (Fsp3) is 0. The van der Waals surface area contributed by atoms with Gasteiger partial charge in [0, 0.05) is 24.0 Å². The molecule has 4 aromatic rings. The van der Waals surface area contributed by atoms with Gasteiger partial charge in [-0.05, 0) is 36.4 Å². The van der Waals surface area contributed by atoms with Crippen LogP contribution in [0.25, 0.3) is 11.0 Å². The van der Waals surface area contributed by atoms with E-state index in [9.17, 15) is 9.18 Å². The lowest BCUT2D eigenvalue weighted by Gasteiger charge is -2.09. The maximum Gasteiger partial charge on any atom is 0.196 e. The van der Waals surface area contributed by atoms with Crippen molar-refractivity contribution < 1.29 is 13.9 Å². The van der Waals surface area contributed by atoms with Gasteiger partial charge in [0.25, 0.3) is 0 Å². The van der Waals surface area contributed by atoms with Crippen molar-refractivity contribution in [2.24, 2.45) is 0 Å². The summed E-state index contributed by atoms with van der Waals surface area (Å²) in [5, 5.41) is 9.70. The SMILES string of the molecule is N#Cc1cnc2[nH]cc(C(=O)c3ccc(Oc4ccc(F)cc4)cc3Cl)c2c1N. The summed E-state index contributed by atoms with van der Waals surface area (Å²) in [4.78, 5) is 20.0. The number of benzene rings is 2. The number of ether oxygens (including phenoxy) is 1. The maximum absolute atomic E-state index is 13.0. The number of halogens is 2. The smallest absolute Gasteiger partial charge is 0.196 e. The van der Waals surface area contributed by atoms with Gasteiger partial charge in [-0.25, -0.2) is 9.37 Å². The summed E-state index contributed by atoms with van der Waals surface area (Å²) in [6.07, 6.45) is 2.83. The minimum absolute atomic E-state index is 0.173. The number of pyridine rings is 1. The van der Waals surface area contributed by atoms with E-state index < -0.39 is 0 Å². The Labute approximate surface area is 169 Å². The van der Waals surface area contributed by atoms with Gasteiger partial charge in [0.15, 0.2) is 5.78 Å². The van der Waals surface area contributed by atoms with Crippen LogP contribution in [-0.2, 0) is 0 Å². The van der Waals surface area contributed by atoms with Crippen molar-refractivity contribution in [2.45, 2.75) is 0 Å². The topological polar surface area (TPSA) is 105 Å². The third-order valence-corrected chi connectivity index (χ3v) is 4.65. The third-order valence-electron chi connectivity index (χ3n) is 4.34. The molecule has 0 saturated heterocycles. The number of H-pyrrole nitrogens is 1. The van der Waals surface area contributed by atoms with Crippen LogP contribution in [0.2, 0.25) is 5.02 Å². The van der Waals surface area contributed by atoms with Gasteiger partial charge in [0.2, 0.25) is 0 Å². The second-order valence-electron chi connectivity index (χ2n) is 6.15. The number of nitrogens with two attached hydrogens (primary N) is 1. The highest BCUT2D eigenvalue weighted by molar-refractivity contribution is 6.35. The molecule has 0 saturated carbocycles. The molecule has 29 heavy (non-hydrogen) atoms. The van der Waals surface area contributed by atoms with Crippen LogP contribution >= 0.6 is 11.6 Å². The van der Waals surface area contributed by atoms with E-state index in [0.29, 0.717) is 22.5 Å². The van der Waals surface area contributed by atoms with Crippen LogP contribution < -0.4 is 10.5 Å². The number of nitrogens with one attached hydrogen (secondary N) is 1. The van der Waals surface area contributed by atoms with Crippen LogP contribution in [0.15, 0.2) is 54.9 Å². The average molecular weight is 407 g/mol. The first-order valence-electron chi connectivity index (χ1n) is 8.41. The lowest BCUT2D eigenvalue weighted by molar-refractivity contribution is 0.104. The largest absolute Gasteiger partial charge is 0.457 e. The normalized spacial score (nSPS) is 10.7. The van der Waals surface area contributed by atoms with Gasteiger partial charge in [-0.15, -0.1) is 0 Å². The van der Waals surface area contributed by atoms with Crippen molar-refractivity contribution in [3.63, 3.8) is 0 Å². The summed E-state index contributed by atoms with van der Waals surface area (Å²) < 4.78 is 18.6. The van der Waals surface area contributed by atoms with E-state index in [1.807, 2.05) is 6.07 Å². The Morgan fingerprint density at radius 3 is 2.59 bits per heavy atom. The number of nitriles is 1. The molecule has 3 N–H and O–H groups in total. The number of nitrogen functional groups attached to an aromatic ring is 1. The fourth-order valence-corrected chi connectivity index (χ4v) is 3.17. The minimum Gasteiger partial charge on any atom is -0.457 e. The standard InChI is InChI=1S/C21H12ClFN4O2/c22-17-7-14(29-13-3-1-12(23)2-4-13)5-6-15(17)20(28)16-10-27-21-18(16)19(25)11(8-24)9-26-21/h1-7,9-10H,(H3,25,26,27). The van der Waals surface area contributed by atoms with E-state index in [2.05, 4.69) is 9.97 Å². The van der Waals surface area contributed by atoms with Gasteiger partial charge in [0.1, 0.15) is 29.0 Å². The molecule has 0 fully saturated rings. The van der Waals surface area contributed by atoms with Crippen LogP contribution in [-0.4, -0.2) is 15.8 Å². The molecule has 0 aliphatic heterocycles. The first kappa shape index (κ1) is 18.5. The number of carbonyl (C=O) groups is 1. The molecule has 0 bridgehead atoms. The van der Waals surface area contributed by atoms with Crippen molar-refractivity contribution in [2.75, 3.05) is 5.73 Å². The molecule has 4 rings (SSSR count). The Morgan fingerprint density at radius 1 is 1.17 bits per heavy atom. The zero-order valence-electron chi connectivity index (χ0n) is 14.7. The van der Waals surface area contributed by atoms with Gasteiger partial charge in [-0.3, -0.25) is 4.79 Å². The van der Waals surface area contributed by atoms with Crippen LogP contribution in [0.4, 0.5) is 10.1 Å². The number of nitrogens with zero attached hydrogens (tertiary/aromatic N) is 2. The molecule has 2 aromatic carbocycles. The first-order valence-corrected chi connectivity index (χ1v) is 8.79. The Hall–Kier alpha value is -3.89. The molecule has 0 amide bonds. The number of fused-ring (bicyclic) bond motifs is 1. The number of aromatic amines is 1. The Morgan fingerprint density at radius 2 is 1.90 bits per heavy atom. The minimum atomic E-state index is -0.377. The van der Waals surface area contributed by atoms with Crippen molar-refractivity contribution in [3.8, 4) is 17.6 Å². The van der Waals surface area contributed by atoms with Gasteiger partial charge in [0.05, 0.1) is 27.2 Å². The lowest BCUT2D eigenvalue weighted by atomic mass is 10.0. The number of rotatable bonds is 4. The quantitative estimate of drug-likeness (QED) is 0.472. The van der Waals surface area contributed by atoms with Gasteiger partial charge >= 0.3 is 0 Å². The summed E-state index contributed by atoms with van der Waals surface area (Å²) in [5.41, 5.74) is 7.29. The fourth-order valence-electron chi connectivity index (χ4n) is 2.92. The lowest BCUT2D eigenvalue weighted by Crippen LogP contribution is -2.03. The molecule has 2 aromatic heterocycles. The Kier molecular flexibility index (Phi) is 4.63. The molecule has 6 nitrogen and oxygen atoms in total. The van der Waals surface area contributed by atoms with Crippen LogP contribution in [0, 0.1) is 17.1 Å². The molecule has 142 valence electrons. The highest BCUT2D eigenvalue weighted by Crippen LogP contribution is 2.32. The van der Waals surface area contributed by atoms with E-state index in [1.165, 1.54) is 48.8 Å². The average Bonchev–Trinajstić information content (AvgIpc) is 3.15. The van der Waals surface area contributed by atoms with E-state index in [4.69, 9.17) is 27.3 Å². The predicted octanol–water partition coefficient (Wildman–Crippen LogP) is 4.83. The van der Waals surface area contributed by atoms with Crippen molar-refractivity contribution in [1.82, 2.24) is 9.97 Å². The van der Waals surface area contributed by atoms with E-state index in [1.54, 1.807) is 6.07 Å². The molecular formula is C21H12ClFN4O2. The van der Waals surface area contributed by atoms with Crippen molar-refractivity contribution >= 4 is 34.1 Å². The molecule has 0 aliphatic carbocycles. The van der Waals surface area contributed by atoms with Crippen LogP contribution in [0.5, 0.6) is 11.5 Å². The maximum atomic E-state index is 13.0. The molecule has 0 unspecified atom stereocenters. The van der Waals surface area contributed by atoms with Gasteiger partial charge in [-0.1, -0.05) is 11.6 Å². The summed E-state index contributed by atoms with van der Waals surface area (Å²) in [7, 11) is 0. The highest BCUT2D eigenvalue weighted by atomic mass is 35.5. The molecular weight excluding hydrogens is 395 g/mol. The van der Waals surface area contributed by atoms with Crippen molar-refractivity contribution in [1.29, 1.82) is 5.26 Å². The number of hydrogen-bond acceptors (Lipinski definition) is 5. The van der Waals surface area contributed by atoms with Gasteiger partial charge < -0.3 is 15.5 Å². The number of carbonyl (C=O) groups excluding carboxylic acids is 1. The third kappa shape index (κ3) is 3.37. The molecule has 0 radical (unpaired) electrons. The zero-order valence-corrected chi connectivity index (χ0v) is 15.5. The van der Waals surface area contributed by atoms with Crippen LogP contribution in [0.3, 0.4) is 0 Å². The highest BCUT2D eigenvalue weighted by Gasteiger charge is 2.21. The second-order valence-corrected chi connectivity index (χ2v) is 6.56. The van der Waals surface area contributed by atoms with Gasteiger partial charge in [-0.2, -0.15) is 5.26 Å². The van der Waals surface area contributed by atoms with E-state index in [-0.39, 0.29) is 39.0 Å². The zero-order chi connectivity index (χ0) is 20.5. The van der Waals surface area contributed by atoms with Crippen molar-refractivity contribution in [3.05, 3.63) is 82.4 Å². The molecule has 2 heterocycles. The number of aromatic nitrogens is 2. The summed E-state index contributed by atoms with van der Waals surface area (Å²) in [6.45, 7) is 0. The molecule has 0 aliphatic rings. The first-order chi connectivity index (χ1) is 14.0. The number of anilines is 1. The summed E-state index contributed by atoms with van der Waals surface area (Å²) in [6, 6.07) is 12.1. The molecule has 0 atom stereocenters. The molecule has 0 spiro atoms. The monoisotopic (exact) mass is 406 g/mol.